The zero-order valence-electron chi connectivity index (χ0n) is 22.0. The van der Waals surface area contributed by atoms with Crippen LogP contribution in [-0.4, -0.2) is 48.0 Å². The van der Waals surface area contributed by atoms with Crippen molar-refractivity contribution in [3.63, 3.8) is 0 Å². The average molecular weight is 588 g/mol. The van der Waals surface area contributed by atoms with Crippen LogP contribution in [0.15, 0.2) is 43.0 Å². The van der Waals surface area contributed by atoms with Gasteiger partial charge in [-0.3, -0.25) is 14.4 Å². The molecule has 13 heteroatoms. The summed E-state index contributed by atoms with van der Waals surface area (Å²) >= 11 is 1.09. The van der Waals surface area contributed by atoms with Crippen molar-refractivity contribution in [3.8, 4) is 5.75 Å². The highest BCUT2D eigenvalue weighted by molar-refractivity contribution is 7.21. The third kappa shape index (κ3) is 4.83. The molecule has 5 rings (SSSR count). The van der Waals surface area contributed by atoms with E-state index in [4.69, 9.17) is 17.2 Å². The van der Waals surface area contributed by atoms with Gasteiger partial charge in [0, 0.05) is 35.8 Å². The molecule has 1 aliphatic heterocycles. The van der Waals surface area contributed by atoms with Crippen molar-refractivity contribution in [2.45, 2.75) is 43.8 Å². The van der Waals surface area contributed by atoms with Crippen molar-refractivity contribution >= 4 is 44.7 Å². The first-order chi connectivity index (χ1) is 19.3. The quantitative estimate of drug-likeness (QED) is 0.264. The molecule has 3 unspecified atom stereocenters. The molecule has 3 aromatic rings. The first kappa shape index (κ1) is 28.6. The summed E-state index contributed by atoms with van der Waals surface area (Å²) in [4.78, 5) is 41.4. The summed E-state index contributed by atoms with van der Waals surface area (Å²) in [6.07, 6.45) is -2.31. The van der Waals surface area contributed by atoms with Gasteiger partial charge in [0.15, 0.2) is 5.78 Å². The maximum Gasteiger partial charge on any atom is 0.573 e. The number of halogens is 3. The Balaban J connectivity index is 1.58. The highest BCUT2D eigenvalue weighted by Gasteiger charge is 2.49. The molecule has 1 aliphatic carbocycles. The number of rotatable bonds is 5. The molecule has 2 aliphatic rings. The first-order valence-electron chi connectivity index (χ1n) is 12.8. The number of carbonyl (C=O) groups is 3. The molecule has 3 atom stereocenters. The van der Waals surface area contributed by atoms with Gasteiger partial charge in [-0.2, -0.15) is 0 Å². The Bertz CT molecular complexity index is 1600. The molecule has 0 radical (unpaired) electrons. The number of anilines is 1. The summed E-state index contributed by atoms with van der Waals surface area (Å²) in [6.45, 7) is 5.91. The van der Waals surface area contributed by atoms with Crippen LogP contribution in [0, 0.1) is 6.92 Å². The Hall–Kier alpha value is -3.94. The van der Waals surface area contributed by atoms with Gasteiger partial charge in [-0.15, -0.1) is 24.5 Å². The molecule has 41 heavy (non-hydrogen) atoms. The topological polar surface area (TPSA) is 154 Å². The van der Waals surface area contributed by atoms with Crippen molar-refractivity contribution < 1.29 is 32.3 Å². The van der Waals surface area contributed by atoms with E-state index in [-0.39, 0.29) is 28.0 Å². The van der Waals surface area contributed by atoms with E-state index in [1.165, 1.54) is 19.1 Å². The van der Waals surface area contributed by atoms with Gasteiger partial charge in [-0.1, -0.05) is 18.7 Å². The lowest BCUT2D eigenvalue weighted by atomic mass is 9.69. The number of Topliss-reactive ketones (excluding diaryl/α,β-unsaturated/α-hetero) is 1. The minimum Gasteiger partial charge on any atom is -0.406 e. The molecule has 1 saturated heterocycles. The monoisotopic (exact) mass is 587 g/mol. The molecule has 1 fully saturated rings. The molecule has 7 N–H and O–H groups in total. The number of aryl methyl sites for hydroxylation is 1. The van der Waals surface area contributed by atoms with Crippen molar-refractivity contribution in [2.75, 3.05) is 18.8 Å². The van der Waals surface area contributed by atoms with Crippen molar-refractivity contribution in [3.05, 3.63) is 70.1 Å². The number of benzene rings is 2. The van der Waals surface area contributed by atoms with Gasteiger partial charge < -0.3 is 32.2 Å². The lowest BCUT2D eigenvalue weighted by Crippen LogP contribution is -2.53. The van der Waals surface area contributed by atoms with Gasteiger partial charge >= 0.3 is 6.36 Å². The Labute approximate surface area is 237 Å². The predicted molar refractivity (Wildman–Crippen MR) is 148 cm³/mol. The van der Waals surface area contributed by atoms with Gasteiger partial charge in [0.2, 0.25) is 5.91 Å². The van der Waals surface area contributed by atoms with E-state index in [9.17, 15) is 27.6 Å². The van der Waals surface area contributed by atoms with E-state index in [1.54, 1.807) is 17.0 Å². The van der Waals surface area contributed by atoms with E-state index in [0.717, 1.165) is 23.5 Å². The summed E-state index contributed by atoms with van der Waals surface area (Å²) in [5.41, 5.74) is 19.3. The zero-order valence-corrected chi connectivity index (χ0v) is 22.8. The van der Waals surface area contributed by atoms with Crippen LogP contribution in [-0.2, 0) is 15.1 Å². The number of nitrogens with zero attached hydrogens (tertiary/aromatic N) is 1. The van der Waals surface area contributed by atoms with Gasteiger partial charge in [-0.25, -0.2) is 0 Å². The van der Waals surface area contributed by atoms with Crippen molar-refractivity contribution in [1.29, 1.82) is 0 Å². The standard InChI is InChI=1S/C28H28F3N5O4S/c1-3-19(37)36-10-4-5-14(12-36)35-26(39)24-21-20-17(8-9-18(32)23(20)41-24)27(34,25(38)22(21)33)16-7-6-15(11-13(16)2)40-28(29,30)31/h3,6-9,11,14,22H,1,4-5,10,12,32-34H2,2H3,(H,35,39). The van der Waals surface area contributed by atoms with Crippen LogP contribution in [0.25, 0.3) is 10.1 Å². The molecule has 1 aromatic heterocycles. The summed E-state index contributed by atoms with van der Waals surface area (Å²) in [5.74, 6) is -1.76. The molecule has 0 bridgehead atoms. The Kier molecular flexibility index (Phi) is 7.08. The van der Waals surface area contributed by atoms with Crippen LogP contribution >= 0.6 is 11.3 Å². The molecule has 216 valence electrons. The highest BCUT2D eigenvalue weighted by atomic mass is 32.1. The number of hydrogen-bond acceptors (Lipinski definition) is 8. The van der Waals surface area contributed by atoms with E-state index < -0.39 is 35.4 Å². The van der Waals surface area contributed by atoms with Crippen LogP contribution in [0.3, 0.4) is 0 Å². The number of likely N-dealkylation sites (tertiary alicyclic amines) is 1. The van der Waals surface area contributed by atoms with Crippen LogP contribution in [0.4, 0.5) is 18.9 Å². The number of nitrogen functional groups attached to an aromatic ring is 1. The molecule has 9 nitrogen and oxygen atoms in total. The Morgan fingerprint density at radius 3 is 2.61 bits per heavy atom. The summed E-state index contributed by atoms with van der Waals surface area (Å²) < 4.78 is 42.9. The van der Waals surface area contributed by atoms with Crippen LogP contribution in [0.1, 0.15) is 50.8 Å². The van der Waals surface area contributed by atoms with Gasteiger partial charge in [0.05, 0.1) is 15.6 Å². The largest absolute Gasteiger partial charge is 0.573 e. The molecule has 2 amide bonds. The fourth-order valence-corrected chi connectivity index (χ4v) is 6.98. The van der Waals surface area contributed by atoms with Gasteiger partial charge in [0.25, 0.3) is 5.91 Å². The van der Waals surface area contributed by atoms with E-state index >= 15 is 0 Å². The van der Waals surface area contributed by atoms with Crippen LogP contribution in [0.5, 0.6) is 5.75 Å². The molecular formula is C28H28F3N5O4S. The zero-order chi connectivity index (χ0) is 29.9. The molecule has 2 aromatic carbocycles. The lowest BCUT2D eigenvalue weighted by molar-refractivity contribution is -0.274. The number of ether oxygens (including phenoxy) is 1. The second kappa shape index (κ2) is 10.2. The minimum absolute atomic E-state index is 0.208. The number of thiophene rings is 1. The number of carbonyl (C=O) groups excluding carboxylic acids is 3. The van der Waals surface area contributed by atoms with E-state index in [0.29, 0.717) is 52.8 Å². The SMILES string of the molecule is C=CC(=O)N1CCCC(NC(=O)c2sc3c(N)ccc4c3c2C(N)C(=O)C4(N)c2ccc(OC(F)(F)F)cc2C)C1. The van der Waals surface area contributed by atoms with Crippen molar-refractivity contribution in [1.82, 2.24) is 10.2 Å². The number of piperidine rings is 1. The normalized spacial score (nSPS) is 22.5. The third-order valence-corrected chi connectivity index (χ3v) is 8.87. The summed E-state index contributed by atoms with van der Waals surface area (Å²) in [6, 6.07) is 5.06. The van der Waals surface area contributed by atoms with E-state index in [2.05, 4.69) is 16.6 Å². The van der Waals surface area contributed by atoms with E-state index in [1.807, 2.05) is 0 Å². The van der Waals surface area contributed by atoms with Crippen LogP contribution in [0.2, 0.25) is 0 Å². The summed E-state index contributed by atoms with van der Waals surface area (Å²) in [5, 5.41) is 3.43. The molecule has 0 spiro atoms. The smallest absolute Gasteiger partial charge is 0.406 e. The maximum absolute atomic E-state index is 13.9. The second-order valence-corrected chi connectivity index (χ2v) is 11.2. The van der Waals surface area contributed by atoms with Gasteiger partial charge in [0.1, 0.15) is 11.3 Å². The lowest BCUT2D eigenvalue weighted by Gasteiger charge is -2.37. The van der Waals surface area contributed by atoms with Crippen LogP contribution < -0.4 is 27.3 Å². The first-order valence-corrected chi connectivity index (χ1v) is 13.6. The Morgan fingerprint density at radius 2 is 1.95 bits per heavy atom. The average Bonchev–Trinajstić information content (AvgIpc) is 3.32. The fraction of sp³-hybridized carbons (Fsp3) is 0.321. The molecular weight excluding hydrogens is 559 g/mol. The van der Waals surface area contributed by atoms with Gasteiger partial charge in [-0.05, 0) is 60.7 Å². The summed E-state index contributed by atoms with van der Waals surface area (Å²) in [7, 11) is 0. The number of amides is 2. The molecule has 0 saturated carbocycles. The number of ketones is 1. The number of alkyl halides is 3. The minimum atomic E-state index is -4.89. The van der Waals surface area contributed by atoms with Crippen molar-refractivity contribution in [2.24, 2.45) is 11.5 Å². The second-order valence-electron chi connectivity index (χ2n) is 10.2. The Morgan fingerprint density at radius 1 is 1.24 bits per heavy atom. The number of hydrogen-bond donors (Lipinski definition) is 4. The molecule has 2 heterocycles. The number of nitrogens with one attached hydrogen (secondary N) is 1. The maximum atomic E-state index is 13.9. The highest BCUT2D eigenvalue weighted by Crippen LogP contribution is 2.50. The predicted octanol–water partition coefficient (Wildman–Crippen LogP) is 3.38. The number of nitrogens with two attached hydrogens (primary N) is 3. The third-order valence-electron chi connectivity index (χ3n) is 7.62. The fourth-order valence-electron chi connectivity index (χ4n) is 5.78.